The summed E-state index contributed by atoms with van der Waals surface area (Å²) in [5.74, 6) is -0.659. The van der Waals surface area contributed by atoms with Crippen molar-refractivity contribution in [3.05, 3.63) is 83.4 Å². The third-order valence-corrected chi connectivity index (χ3v) is 4.53. The van der Waals surface area contributed by atoms with Crippen LogP contribution in [0.1, 0.15) is 35.1 Å². The molecule has 0 saturated carbocycles. The maximum absolute atomic E-state index is 12.5. The molecular formula is C22H25NO2. The molecular weight excluding hydrogens is 310 g/mol. The number of hydrogen-bond donors (Lipinski definition) is 1. The summed E-state index contributed by atoms with van der Waals surface area (Å²) in [6, 6.07) is 16.3. The lowest BCUT2D eigenvalue weighted by Gasteiger charge is -2.28. The minimum atomic E-state index is -0.341. The van der Waals surface area contributed by atoms with E-state index in [0.717, 1.165) is 22.3 Å². The summed E-state index contributed by atoms with van der Waals surface area (Å²) in [5, 5.41) is 2.79. The van der Waals surface area contributed by atoms with E-state index in [9.17, 15) is 9.59 Å². The van der Waals surface area contributed by atoms with Crippen LogP contribution in [0.2, 0.25) is 0 Å². The van der Waals surface area contributed by atoms with Crippen molar-refractivity contribution in [3.63, 3.8) is 0 Å². The summed E-state index contributed by atoms with van der Waals surface area (Å²) in [6.45, 7) is 9.46. The van der Waals surface area contributed by atoms with Crippen molar-refractivity contribution in [1.82, 2.24) is 5.32 Å². The molecule has 0 aromatic heterocycles. The van der Waals surface area contributed by atoms with Gasteiger partial charge in [0.2, 0.25) is 5.91 Å². The number of carbonyl (C=O) groups excluding carboxylic acids is 2. The second kappa shape index (κ2) is 8.43. The Balaban J connectivity index is 2.52. The van der Waals surface area contributed by atoms with Crippen molar-refractivity contribution in [3.8, 4) is 0 Å². The first-order chi connectivity index (χ1) is 11.9. The zero-order valence-corrected chi connectivity index (χ0v) is 15.1. The van der Waals surface area contributed by atoms with Gasteiger partial charge in [0.1, 0.15) is 5.78 Å². The van der Waals surface area contributed by atoms with E-state index in [2.05, 4.69) is 37.0 Å². The molecule has 2 rings (SSSR count). The monoisotopic (exact) mass is 335 g/mol. The molecule has 25 heavy (non-hydrogen) atoms. The molecule has 2 aromatic rings. The Bertz CT molecular complexity index is 765. The van der Waals surface area contributed by atoms with Gasteiger partial charge in [-0.2, -0.15) is 0 Å². The molecule has 0 spiro atoms. The topological polar surface area (TPSA) is 46.2 Å². The molecule has 0 saturated heterocycles. The fourth-order valence-electron chi connectivity index (χ4n) is 3.16. The maximum atomic E-state index is 12.5. The first-order valence-electron chi connectivity index (χ1n) is 8.47. The van der Waals surface area contributed by atoms with Crippen molar-refractivity contribution in [2.24, 2.45) is 5.92 Å². The molecule has 1 N–H and O–H groups in total. The number of ketones is 1. The Morgan fingerprint density at radius 3 is 2.40 bits per heavy atom. The van der Waals surface area contributed by atoms with E-state index in [0.29, 0.717) is 0 Å². The molecule has 0 heterocycles. The molecule has 0 aliphatic rings. The molecule has 0 aliphatic heterocycles. The number of benzene rings is 2. The molecule has 1 amide bonds. The summed E-state index contributed by atoms with van der Waals surface area (Å²) in [5.41, 5.74) is 4.49. The van der Waals surface area contributed by atoms with Crippen molar-refractivity contribution in [2.45, 2.75) is 26.7 Å². The van der Waals surface area contributed by atoms with Crippen LogP contribution in [0.3, 0.4) is 0 Å². The van der Waals surface area contributed by atoms with E-state index < -0.39 is 0 Å². The molecule has 0 bridgehead atoms. The number of carbonyl (C=O) groups is 2. The minimum absolute atomic E-state index is 0.0547. The molecule has 0 radical (unpaired) electrons. The van der Waals surface area contributed by atoms with Crippen LogP contribution in [-0.4, -0.2) is 18.2 Å². The first-order valence-corrected chi connectivity index (χ1v) is 8.47. The summed E-state index contributed by atoms with van der Waals surface area (Å²) in [4.78, 5) is 24.1. The van der Waals surface area contributed by atoms with Gasteiger partial charge in [-0.25, -0.2) is 0 Å². The van der Waals surface area contributed by atoms with Crippen LogP contribution in [0, 0.1) is 19.8 Å². The third-order valence-electron chi connectivity index (χ3n) is 4.53. The van der Waals surface area contributed by atoms with Gasteiger partial charge in [-0.15, -0.1) is 0 Å². The predicted molar refractivity (Wildman–Crippen MR) is 102 cm³/mol. The number of amides is 1. The Labute approximate surface area is 149 Å². The molecule has 3 nitrogen and oxygen atoms in total. The molecule has 0 aliphatic carbocycles. The molecule has 3 heteroatoms. The Kier molecular flexibility index (Phi) is 6.29. The van der Waals surface area contributed by atoms with Gasteiger partial charge in [0, 0.05) is 18.4 Å². The van der Waals surface area contributed by atoms with Crippen LogP contribution in [0.4, 0.5) is 0 Å². The normalized spacial score (nSPS) is 12.9. The predicted octanol–water partition coefficient (Wildman–Crippen LogP) is 3.94. The van der Waals surface area contributed by atoms with Gasteiger partial charge in [0.05, 0.1) is 0 Å². The van der Waals surface area contributed by atoms with Crippen LogP contribution in [0.5, 0.6) is 0 Å². The van der Waals surface area contributed by atoms with Crippen molar-refractivity contribution in [1.29, 1.82) is 0 Å². The second-order valence-electron chi connectivity index (χ2n) is 6.41. The van der Waals surface area contributed by atoms with Gasteiger partial charge in [0.25, 0.3) is 0 Å². The second-order valence-corrected chi connectivity index (χ2v) is 6.41. The lowest BCUT2D eigenvalue weighted by atomic mass is 9.77. The van der Waals surface area contributed by atoms with Gasteiger partial charge in [-0.05, 0) is 43.5 Å². The number of aryl methyl sites for hydroxylation is 2. The molecule has 2 atom stereocenters. The average Bonchev–Trinajstić information content (AvgIpc) is 2.61. The van der Waals surface area contributed by atoms with Gasteiger partial charge in [-0.1, -0.05) is 60.7 Å². The van der Waals surface area contributed by atoms with Crippen LogP contribution >= 0.6 is 0 Å². The summed E-state index contributed by atoms with van der Waals surface area (Å²) < 4.78 is 0. The number of nitrogens with one attached hydrogen (secondary N) is 1. The Hall–Kier alpha value is -2.68. The highest BCUT2D eigenvalue weighted by atomic mass is 16.1. The molecule has 2 unspecified atom stereocenters. The van der Waals surface area contributed by atoms with E-state index in [1.54, 1.807) is 6.92 Å². The minimum Gasteiger partial charge on any atom is -0.352 e. The smallest absolute Gasteiger partial charge is 0.243 e. The zero-order valence-electron chi connectivity index (χ0n) is 15.1. The van der Waals surface area contributed by atoms with Crippen LogP contribution < -0.4 is 5.32 Å². The highest BCUT2D eigenvalue weighted by Gasteiger charge is 2.30. The Morgan fingerprint density at radius 2 is 1.80 bits per heavy atom. The van der Waals surface area contributed by atoms with E-state index in [1.807, 2.05) is 37.3 Å². The van der Waals surface area contributed by atoms with Crippen LogP contribution in [-0.2, 0) is 9.59 Å². The van der Waals surface area contributed by atoms with Crippen LogP contribution in [0.15, 0.2) is 61.2 Å². The lowest BCUT2D eigenvalue weighted by Crippen LogP contribution is -2.35. The SMILES string of the molecule is C=CC(=O)NCC(C(C)=O)C(c1ccccc1)c1cc(C)ccc1C. The zero-order chi connectivity index (χ0) is 18.4. The van der Waals surface area contributed by atoms with E-state index in [4.69, 9.17) is 0 Å². The number of hydrogen-bond acceptors (Lipinski definition) is 2. The summed E-state index contributed by atoms with van der Waals surface area (Å²) in [6.07, 6.45) is 1.23. The van der Waals surface area contributed by atoms with Gasteiger partial charge in [-0.3, -0.25) is 9.59 Å². The number of Topliss-reactive ketones (excluding diaryl/α,β-unsaturated/α-hetero) is 1. The van der Waals surface area contributed by atoms with Gasteiger partial charge >= 0.3 is 0 Å². The summed E-state index contributed by atoms with van der Waals surface area (Å²) >= 11 is 0. The average molecular weight is 335 g/mol. The fraction of sp³-hybridized carbons (Fsp3) is 0.273. The van der Waals surface area contributed by atoms with Crippen molar-refractivity contribution >= 4 is 11.7 Å². The first kappa shape index (κ1) is 18.7. The van der Waals surface area contributed by atoms with Crippen LogP contribution in [0.25, 0.3) is 0 Å². The molecule has 2 aromatic carbocycles. The van der Waals surface area contributed by atoms with E-state index in [-0.39, 0.29) is 30.1 Å². The molecule has 130 valence electrons. The van der Waals surface area contributed by atoms with Crippen molar-refractivity contribution in [2.75, 3.05) is 6.54 Å². The van der Waals surface area contributed by atoms with E-state index >= 15 is 0 Å². The quantitative estimate of drug-likeness (QED) is 0.779. The standard InChI is InChI=1S/C22H25NO2/c1-5-21(25)23-14-20(17(4)24)22(18-9-7-6-8-10-18)19-13-15(2)11-12-16(19)3/h5-13,20,22H,1,14H2,2-4H3,(H,23,25). The van der Waals surface area contributed by atoms with E-state index in [1.165, 1.54) is 6.08 Å². The third kappa shape index (κ3) is 4.66. The van der Waals surface area contributed by atoms with Gasteiger partial charge < -0.3 is 5.32 Å². The highest BCUT2D eigenvalue weighted by molar-refractivity contribution is 5.88. The highest BCUT2D eigenvalue weighted by Crippen LogP contribution is 2.35. The maximum Gasteiger partial charge on any atom is 0.243 e. The summed E-state index contributed by atoms with van der Waals surface area (Å²) in [7, 11) is 0. The lowest BCUT2D eigenvalue weighted by molar-refractivity contribution is -0.121. The number of rotatable bonds is 7. The van der Waals surface area contributed by atoms with Gasteiger partial charge in [0.15, 0.2) is 0 Å². The van der Waals surface area contributed by atoms with Crippen molar-refractivity contribution < 1.29 is 9.59 Å². The fourth-order valence-corrected chi connectivity index (χ4v) is 3.16. The Morgan fingerprint density at radius 1 is 1.12 bits per heavy atom. The molecule has 0 fully saturated rings. The largest absolute Gasteiger partial charge is 0.352 e.